The smallest absolute Gasteiger partial charge is 0.313 e. The van der Waals surface area contributed by atoms with Crippen LogP contribution in [-0.2, 0) is 45.1 Å². The van der Waals surface area contributed by atoms with Crippen LogP contribution in [0.5, 0.6) is 5.75 Å². The zero-order valence-corrected chi connectivity index (χ0v) is 25.5. The second-order valence-corrected chi connectivity index (χ2v) is 11.5. The quantitative estimate of drug-likeness (QED) is 0.130. The van der Waals surface area contributed by atoms with Crippen LogP contribution in [-0.4, -0.2) is 116 Å². The van der Waals surface area contributed by atoms with E-state index in [1.54, 1.807) is 0 Å². The monoisotopic (exact) mass is 592 g/mol. The first kappa shape index (κ1) is 33.3. The third-order valence-electron chi connectivity index (χ3n) is 8.89. The number of piperidine rings is 1. The Morgan fingerprint density at radius 3 is 2.05 bits per heavy atom. The fourth-order valence-corrected chi connectivity index (χ4v) is 6.86. The molecular weight excluding hydrogens is 540 g/mol. The number of esters is 1. The second-order valence-electron chi connectivity index (χ2n) is 11.5. The molecule has 0 unspecified atom stereocenters. The van der Waals surface area contributed by atoms with Crippen LogP contribution in [0.4, 0.5) is 0 Å². The summed E-state index contributed by atoms with van der Waals surface area (Å²) >= 11 is 0. The van der Waals surface area contributed by atoms with E-state index in [1.165, 1.54) is 43.2 Å². The molecule has 2 fully saturated rings. The maximum absolute atomic E-state index is 12.5. The summed E-state index contributed by atoms with van der Waals surface area (Å²) in [6.45, 7) is 7.54. The van der Waals surface area contributed by atoms with Gasteiger partial charge in [0.2, 0.25) is 0 Å². The normalized spacial score (nSPS) is 23.4. The number of rotatable bonds is 21. The van der Waals surface area contributed by atoms with Crippen molar-refractivity contribution < 1.29 is 38.0 Å². The minimum atomic E-state index is -0.260. The number of carbonyl (C=O) groups is 1. The minimum absolute atomic E-state index is 0.216. The van der Waals surface area contributed by atoms with E-state index in [0.717, 1.165) is 13.0 Å². The molecular formula is C32H52N2O8. The summed E-state index contributed by atoms with van der Waals surface area (Å²) in [7, 11) is 2.29. The number of hydrogen-bond donors (Lipinski definition) is 1. The molecule has 42 heavy (non-hydrogen) atoms. The molecule has 238 valence electrons. The summed E-state index contributed by atoms with van der Waals surface area (Å²) in [6, 6.07) is 6.98. The molecule has 4 rings (SSSR count). The van der Waals surface area contributed by atoms with Gasteiger partial charge in [0.15, 0.2) is 0 Å². The lowest BCUT2D eigenvalue weighted by atomic mass is 9.52. The van der Waals surface area contributed by atoms with Gasteiger partial charge < -0.3 is 43.8 Å². The number of nitrogens with zero attached hydrogens (tertiary/aromatic N) is 1. The SMILES string of the molecule is CN1CC[C@]23CCCC[C@H]2[C@H]1Cc1ccc(OC(=O)CCOCCOCCOCCOCCOCCOCCN)cc13. The summed E-state index contributed by atoms with van der Waals surface area (Å²) in [5.41, 5.74) is 8.48. The molecule has 2 N–H and O–H groups in total. The molecule has 1 aromatic carbocycles. The van der Waals surface area contributed by atoms with Gasteiger partial charge in [0.1, 0.15) is 5.75 Å². The molecule has 0 aromatic heterocycles. The van der Waals surface area contributed by atoms with Crippen LogP contribution >= 0.6 is 0 Å². The van der Waals surface area contributed by atoms with E-state index in [0.29, 0.717) is 104 Å². The molecule has 1 aromatic rings. The molecule has 1 saturated heterocycles. The van der Waals surface area contributed by atoms with E-state index >= 15 is 0 Å². The second kappa shape index (κ2) is 18.2. The Morgan fingerprint density at radius 2 is 1.43 bits per heavy atom. The van der Waals surface area contributed by atoms with Gasteiger partial charge in [0.25, 0.3) is 0 Å². The van der Waals surface area contributed by atoms with Crippen LogP contribution in [0.3, 0.4) is 0 Å². The Hall–Kier alpha value is -1.63. The predicted molar refractivity (Wildman–Crippen MR) is 159 cm³/mol. The van der Waals surface area contributed by atoms with E-state index in [9.17, 15) is 4.79 Å². The van der Waals surface area contributed by atoms with Gasteiger partial charge in [-0.3, -0.25) is 4.79 Å². The highest BCUT2D eigenvalue weighted by molar-refractivity contribution is 5.72. The summed E-state index contributed by atoms with van der Waals surface area (Å²) < 4.78 is 38.4. The molecule has 0 spiro atoms. The molecule has 1 heterocycles. The highest BCUT2D eigenvalue weighted by atomic mass is 16.6. The van der Waals surface area contributed by atoms with Crippen molar-refractivity contribution in [2.45, 2.75) is 56.4 Å². The molecule has 10 heteroatoms. The average molecular weight is 593 g/mol. The minimum Gasteiger partial charge on any atom is -0.426 e. The Balaban J connectivity index is 1.00. The van der Waals surface area contributed by atoms with Gasteiger partial charge in [0.05, 0.1) is 85.7 Å². The van der Waals surface area contributed by atoms with Crippen LogP contribution in [0.1, 0.15) is 49.7 Å². The fourth-order valence-electron chi connectivity index (χ4n) is 6.86. The van der Waals surface area contributed by atoms with Crippen molar-refractivity contribution in [2.75, 3.05) is 99.4 Å². The zero-order valence-electron chi connectivity index (χ0n) is 25.5. The molecule has 3 aliphatic rings. The van der Waals surface area contributed by atoms with Crippen molar-refractivity contribution in [3.8, 4) is 5.75 Å². The Kier molecular flexibility index (Phi) is 14.4. The van der Waals surface area contributed by atoms with E-state index in [1.807, 2.05) is 6.07 Å². The molecule has 2 aliphatic carbocycles. The van der Waals surface area contributed by atoms with Gasteiger partial charge in [-0.15, -0.1) is 0 Å². The van der Waals surface area contributed by atoms with Crippen LogP contribution in [0.15, 0.2) is 18.2 Å². The van der Waals surface area contributed by atoms with Gasteiger partial charge in [-0.1, -0.05) is 18.9 Å². The predicted octanol–water partition coefficient (Wildman–Crippen LogP) is 2.73. The molecule has 0 radical (unpaired) electrons. The molecule has 1 saturated carbocycles. The number of nitrogens with two attached hydrogens (primary N) is 1. The summed E-state index contributed by atoms with van der Waals surface area (Å²) in [4.78, 5) is 15.1. The number of likely N-dealkylation sites (N-methyl/N-ethyl adjacent to an activating group) is 1. The van der Waals surface area contributed by atoms with Crippen LogP contribution in [0, 0.1) is 5.92 Å². The van der Waals surface area contributed by atoms with Crippen LogP contribution in [0.2, 0.25) is 0 Å². The summed E-state index contributed by atoms with van der Waals surface area (Å²) in [5, 5.41) is 0. The highest BCUT2D eigenvalue weighted by Crippen LogP contribution is 2.55. The van der Waals surface area contributed by atoms with Gasteiger partial charge in [-0.2, -0.15) is 0 Å². The largest absolute Gasteiger partial charge is 0.426 e. The number of carbonyl (C=O) groups excluding carboxylic acids is 1. The molecule has 10 nitrogen and oxygen atoms in total. The highest BCUT2D eigenvalue weighted by Gasteiger charge is 2.53. The molecule has 2 bridgehead atoms. The lowest BCUT2D eigenvalue weighted by Crippen LogP contribution is -2.59. The van der Waals surface area contributed by atoms with Gasteiger partial charge >= 0.3 is 5.97 Å². The van der Waals surface area contributed by atoms with E-state index in [-0.39, 0.29) is 17.8 Å². The number of ether oxygens (including phenoxy) is 7. The molecule has 1 aliphatic heterocycles. The average Bonchev–Trinajstić information content (AvgIpc) is 3.00. The van der Waals surface area contributed by atoms with Crippen molar-refractivity contribution in [2.24, 2.45) is 11.7 Å². The summed E-state index contributed by atoms with van der Waals surface area (Å²) in [6.07, 6.45) is 7.72. The first-order valence-corrected chi connectivity index (χ1v) is 15.8. The number of fused-ring (bicyclic) bond motifs is 1. The van der Waals surface area contributed by atoms with Gasteiger partial charge in [-0.25, -0.2) is 0 Å². The standard InChI is InChI=1S/C32H52N2O8/c1-34-11-9-32-8-3-2-4-28(32)30(34)24-26-5-6-27(25-29(26)32)42-31(35)7-12-36-14-16-38-18-20-40-22-23-41-21-19-39-17-15-37-13-10-33/h5-6,25,28,30H,2-4,7-24,33H2,1H3/t28-,30+,32+/m0/s1. The lowest BCUT2D eigenvalue weighted by molar-refractivity contribution is -0.135. The molecule has 0 amide bonds. The maximum Gasteiger partial charge on any atom is 0.313 e. The van der Waals surface area contributed by atoms with E-state index in [2.05, 4.69) is 24.1 Å². The third kappa shape index (κ3) is 9.69. The topological polar surface area (TPSA) is 111 Å². The first-order chi connectivity index (χ1) is 20.6. The van der Waals surface area contributed by atoms with Crippen molar-refractivity contribution in [3.05, 3.63) is 29.3 Å². The Labute approximate surface area is 251 Å². The van der Waals surface area contributed by atoms with Gasteiger partial charge in [0, 0.05) is 18.0 Å². The maximum atomic E-state index is 12.5. The number of benzene rings is 1. The lowest BCUT2D eigenvalue weighted by Gasteiger charge is -2.58. The van der Waals surface area contributed by atoms with Crippen LogP contribution < -0.4 is 10.5 Å². The van der Waals surface area contributed by atoms with Gasteiger partial charge in [-0.05, 0) is 68.5 Å². The van der Waals surface area contributed by atoms with E-state index < -0.39 is 0 Å². The fraction of sp³-hybridized carbons (Fsp3) is 0.781. The summed E-state index contributed by atoms with van der Waals surface area (Å²) in [5.74, 6) is 1.12. The first-order valence-electron chi connectivity index (χ1n) is 15.8. The van der Waals surface area contributed by atoms with Crippen molar-refractivity contribution >= 4 is 5.97 Å². The van der Waals surface area contributed by atoms with Crippen molar-refractivity contribution in [1.29, 1.82) is 0 Å². The number of hydrogen-bond acceptors (Lipinski definition) is 10. The molecule has 3 atom stereocenters. The Morgan fingerprint density at radius 1 is 0.833 bits per heavy atom. The van der Waals surface area contributed by atoms with Crippen molar-refractivity contribution in [3.63, 3.8) is 0 Å². The zero-order chi connectivity index (χ0) is 29.5. The van der Waals surface area contributed by atoms with E-state index in [4.69, 9.17) is 38.9 Å². The van der Waals surface area contributed by atoms with Crippen LogP contribution in [0.25, 0.3) is 0 Å². The Bertz CT molecular complexity index is 934. The number of likely N-dealkylation sites (tertiary alicyclic amines) is 1. The van der Waals surface area contributed by atoms with Crippen molar-refractivity contribution in [1.82, 2.24) is 4.90 Å². The third-order valence-corrected chi connectivity index (χ3v) is 8.89.